The number of hydrogen-bond donors (Lipinski definition) is 0. The lowest BCUT2D eigenvalue weighted by atomic mass is 9.92. The molecule has 0 aromatic heterocycles. The highest BCUT2D eigenvalue weighted by atomic mass is 14.3. The third-order valence-corrected chi connectivity index (χ3v) is 4.91. The lowest BCUT2D eigenvalue weighted by molar-refractivity contribution is 0.469. The molecule has 4 aliphatic rings. The van der Waals surface area contributed by atoms with Crippen LogP contribution in [0.2, 0.25) is 0 Å². The van der Waals surface area contributed by atoms with Gasteiger partial charge in [-0.2, -0.15) is 0 Å². The Morgan fingerprint density at radius 3 is 0.958 bits per heavy atom. The molecule has 0 heterocycles. The summed E-state index contributed by atoms with van der Waals surface area (Å²) in [5, 5.41) is 0. The van der Waals surface area contributed by atoms with E-state index in [0.717, 1.165) is 23.7 Å². The Kier molecular flexibility index (Phi) is 8.81. The highest BCUT2D eigenvalue weighted by Gasteiger charge is 2.24. The van der Waals surface area contributed by atoms with Gasteiger partial charge in [0.25, 0.3) is 0 Å². The van der Waals surface area contributed by atoms with Crippen molar-refractivity contribution < 1.29 is 0 Å². The highest BCUT2D eigenvalue weighted by Crippen LogP contribution is 2.36. The Morgan fingerprint density at radius 1 is 0.542 bits per heavy atom. The molecule has 4 atom stereocenters. The molecule has 0 nitrogen and oxygen atoms in total. The summed E-state index contributed by atoms with van der Waals surface area (Å²) >= 11 is 0. The number of rotatable bonds is 0. The molecule has 136 valence electrons. The molecule has 4 aliphatic carbocycles. The third-order valence-electron chi connectivity index (χ3n) is 4.91. The van der Waals surface area contributed by atoms with Gasteiger partial charge >= 0.3 is 0 Å². The summed E-state index contributed by atoms with van der Waals surface area (Å²) in [6.07, 6.45) is 26.7. The van der Waals surface area contributed by atoms with Crippen molar-refractivity contribution in [2.75, 3.05) is 0 Å². The van der Waals surface area contributed by atoms with Crippen LogP contribution in [-0.4, -0.2) is 0 Å². The van der Waals surface area contributed by atoms with Crippen LogP contribution in [0.15, 0.2) is 48.6 Å². The standard InChI is InChI=1S/2C9H12.C5H12.CH4/c2*1-2-5-9-7-3-6-8(9)4-1;1-5(2,3)4;/h2*1-2,4-5,8-9H,3,6-7H2;1-4H3;1H4. The molecule has 0 amide bonds. The topological polar surface area (TPSA) is 0 Å². The van der Waals surface area contributed by atoms with Gasteiger partial charge in [0.15, 0.2) is 0 Å². The van der Waals surface area contributed by atoms with E-state index in [1.807, 2.05) is 0 Å². The van der Waals surface area contributed by atoms with Crippen molar-refractivity contribution in [2.45, 2.75) is 73.6 Å². The molecule has 0 aromatic rings. The van der Waals surface area contributed by atoms with Crippen molar-refractivity contribution in [1.82, 2.24) is 0 Å². The second-order valence-electron chi connectivity index (χ2n) is 9.06. The Bertz CT molecular complexity index is 375. The van der Waals surface area contributed by atoms with Crippen LogP contribution in [0.3, 0.4) is 0 Å². The van der Waals surface area contributed by atoms with Gasteiger partial charge in [0.05, 0.1) is 0 Å². The maximum Gasteiger partial charge on any atom is -0.0167 e. The monoisotopic (exact) mass is 328 g/mol. The van der Waals surface area contributed by atoms with E-state index in [0.29, 0.717) is 5.41 Å². The normalized spacial score (nSPS) is 31.8. The van der Waals surface area contributed by atoms with Gasteiger partial charge in [-0.3, -0.25) is 0 Å². The molecule has 4 rings (SSSR count). The van der Waals surface area contributed by atoms with Gasteiger partial charge in [-0.25, -0.2) is 0 Å². The first-order chi connectivity index (χ1) is 10.9. The largest absolute Gasteiger partial charge is 0.0808 e. The fourth-order valence-electron chi connectivity index (χ4n) is 3.82. The molecule has 0 aliphatic heterocycles. The Hall–Kier alpha value is -1.04. The summed E-state index contributed by atoms with van der Waals surface area (Å²) in [7, 11) is 0. The van der Waals surface area contributed by atoms with E-state index in [1.165, 1.54) is 38.5 Å². The summed E-state index contributed by atoms with van der Waals surface area (Å²) in [6, 6.07) is 0. The third kappa shape index (κ3) is 7.69. The summed E-state index contributed by atoms with van der Waals surface area (Å²) in [5.74, 6) is 3.59. The lowest BCUT2D eigenvalue weighted by Gasteiger charge is -2.13. The zero-order chi connectivity index (χ0) is 16.7. The van der Waals surface area contributed by atoms with Crippen LogP contribution >= 0.6 is 0 Å². The van der Waals surface area contributed by atoms with Gasteiger partial charge in [0, 0.05) is 0 Å². The molecule has 0 aromatic carbocycles. The molecule has 0 spiro atoms. The molecule has 4 unspecified atom stereocenters. The van der Waals surface area contributed by atoms with Crippen molar-refractivity contribution in [1.29, 1.82) is 0 Å². The molecule has 0 N–H and O–H groups in total. The minimum atomic E-state index is 0. The summed E-state index contributed by atoms with van der Waals surface area (Å²) in [4.78, 5) is 0. The lowest BCUT2D eigenvalue weighted by Crippen LogP contribution is -2.03. The van der Waals surface area contributed by atoms with Crippen LogP contribution in [0.5, 0.6) is 0 Å². The summed E-state index contributed by atoms with van der Waals surface area (Å²) in [6.45, 7) is 8.75. The summed E-state index contributed by atoms with van der Waals surface area (Å²) < 4.78 is 0. The number of allylic oxidation sites excluding steroid dienone is 8. The minimum Gasteiger partial charge on any atom is -0.0808 e. The van der Waals surface area contributed by atoms with Gasteiger partial charge < -0.3 is 0 Å². The van der Waals surface area contributed by atoms with Crippen molar-refractivity contribution in [3.05, 3.63) is 48.6 Å². The van der Waals surface area contributed by atoms with Gasteiger partial charge in [0.2, 0.25) is 0 Å². The molecule has 0 bridgehead atoms. The average Bonchev–Trinajstić information content (AvgIpc) is 3.15. The van der Waals surface area contributed by atoms with Crippen LogP contribution in [0.4, 0.5) is 0 Å². The van der Waals surface area contributed by atoms with Crippen molar-refractivity contribution in [2.24, 2.45) is 29.1 Å². The molecule has 2 saturated carbocycles. The highest BCUT2D eigenvalue weighted by molar-refractivity contribution is 5.16. The van der Waals surface area contributed by atoms with E-state index in [2.05, 4.69) is 76.3 Å². The van der Waals surface area contributed by atoms with Gasteiger partial charge in [-0.05, 0) is 54.8 Å². The molecule has 2 fully saturated rings. The minimum absolute atomic E-state index is 0. The molecule has 24 heavy (non-hydrogen) atoms. The SMILES string of the molecule is C.C1=CC2CCCC2C=C1.C1=CC2CCCC2C=C1.CC(C)(C)C. The van der Waals surface area contributed by atoms with E-state index in [-0.39, 0.29) is 7.43 Å². The molecule has 0 saturated heterocycles. The maximum absolute atomic E-state index is 2.36. The van der Waals surface area contributed by atoms with Crippen LogP contribution in [0, 0.1) is 29.1 Å². The van der Waals surface area contributed by atoms with Crippen molar-refractivity contribution in [3.8, 4) is 0 Å². The maximum atomic E-state index is 2.36. The molecule has 0 heteroatoms. The first-order valence-electron chi connectivity index (χ1n) is 9.63. The average molecular weight is 329 g/mol. The zero-order valence-corrected chi connectivity index (χ0v) is 15.7. The zero-order valence-electron chi connectivity index (χ0n) is 15.7. The van der Waals surface area contributed by atoms with E-state index in [1.54, 1.807) is 0 Å². The fraction of sp³-hybridized carbons (Fsp3) is 0.667. The van der Waals surface area contributed by atoms with Crippen LogP contribution in [-0.2, 0) is 0 Å². The predicted molar refractivity (Wildman–Crippen MR) is 110 cm³/mol. The number of hydrogen-bond acceptors (Lipinski definition) is 0. The van der Waals surface area contributed by atoms with E-state index < -0.39 is 0 Å². The van der Waals surface area contributed by atoms with Crippen molar-refractivity contribution in [3.63, 3.8) is 0 Å². The first-order valence-corrected chi connectivity index (χ1v) is 9.63. The smallest absolute Gasteiger partial charge is 0.0167 e. The Balaban J connectivity index is 0.000000185. The second-order valence-corrected chi connectivity index (χ2v) is 9.06. The Labute approximate surface area is 151 Å². The summed E-state index contributed by atoms with van der Waals surface area (Å²) in [5.41, 5.74) is 0.500. The van der Waals surface area contributed by atoms with Crippen LogP contribution in [0.1, 0.15) is 73.6 Å². The predicted octanol–water partition coefficient (Wildman–Crippen LogP) is 7.75. The fourth-order valence-corrected chi connectivity index (χ4v) is 3.82. The molecular formula is C24H40. The first kappa shape index (κ1) is 21.0. The van der Waals surface area contributed by atoms with Gasteiger partial charge in [-0.1, -0.05) is 96.6 Å². The second kappa shape index (κ2) is 10.1. The van der Waals surface area contributed by atoms with Gasteiger partial charge in [-0.15, -0.1) is 0 Å². The van der Waals surface area contributed by atoms with E-state index in [4.69, 9.17) is 0 Å². The Morgan fingerprint density at radius 2 is 0.750 bits per heavy atom. The quantitative estimate of drug-likeness (QED) is 0.426. The van der Waals surface area contributed by atoms with Crippen molar-refractivity contribution >= 4 is 0 Å². The van der Waals surface area contributed by atoms with Crippen LogP contribution in [0.25, 0.3) is 0 Å². The molecular weight excluding hydrogens is 288 g/mol. The van der Waals surface area contributed by atoms with Crippen LogP contribution < -0.4 is 0 Å². The van der Waals surface area contributed by atoms with E-state index >= 15 is 0 Å². The van der Waals surface area contributed by atoms with E-state index in [9.17, 15) is 0 Å². The molecule has 0 radical (unpaired) electrons. The van der Waals surface area contributed by atoms with Gasteiger partial charge in [0.1, 0.15) is 0 Å². The number of fused-ring (bicyclic) bond motifs is 2.